The van der Waals surface area contributed by atoms with E-state index in [2.05, 4.69) is 6.92 Å². The predicted octanol–water partition coefficient (Wildman–Crippen LogP) is 4.37. The number of ether oxygens (including phenoxy) is 2. The van der Waals surface area contributed by atoms with Crippen molar-refractivity contribution in [2.45, 2.75) is 76.9 Å². The second-order valence-corrected chi connectivity index (χ2v) is 8.38. The van der Waals surface area contributed by atoms with E-state index in [4.69, 9.17) is 14.6 Å². The molecule has 0 radical (unpaired) electrons. The Morgan fingerprint density at radius 2 is 1.92 bits per heavy atom. The number of unbranched alkanes of at least 4 members (excludes halogenated alkanes) is 3. The molecule has 4 nitrogen and oxygen atoms in total. The van der Waals surface area contributed by atoms with Gasteiger partial charge in [0.2, 0.25) is 0 Å². The zero-order valence-corrected chi connectivity index (χ0v) is 15.9. The molecule has 0 aromatic carbocycles. The fourth-order valence-corrected chi connectivity index (χ4v) is 4.99. The van der Waals surface area contributed by atoms with Gasteiger partial charge in [0.05, 0.1) is 18.8 Å². The molecule has 0 amide bonds. The van der Waals surface area contributed by atoms with Crippen LogP contribution < -0.4 is 0 Å². The largest absolute Gasteiger partial charge is 0.481 e. The standard InChI is InChI=1S/C19H34O4S/c1-2-3-4-5-11-22-14-16-15(17-8-9-18(16)23-17)10-13-24-12-6-7-19(20)21/h15-18H,2-14H2,1H3,(H,20,21)/t15-,16+,17-,18+/m0/s1. The molecule has 140 valence electrons. The van der Waals surface area contributed by atoms with Gasteiger partial charge in [-0.1, -0.05) is 26.2 Å². The van der Waals surface area contributed by atoms with E-state index in [1.165, 1.54) is 44.9 Å². The Labute approximate surface area is 151 Å². The molecule has 4 atom stereocenters. The van der Waals surface area contributed by atoms with Crippen LogP contribution >= 0.6 is 11.8 Å². The summed E-state index contributed by atoms with van der Waals surface area (Å²) in [5.74, 6) is 2.60. The minimum atomic E-state index is -0.687. The Morgan fingerprint density at radius 1 is 1.12 bits per heavy atom. The third kappa shape index (κ3) is 6.57. The normalized spacial score (nSPS) is 28.5. The average Bonchev–Trinajstić information content (AvgIpc) is 3.15. The van der Waals surface area contributed by atoms with Crippen molar-refractivity contribution in [2.24, 2.45) is 11.8 Å². The van der Waals surface area contributed by atoms with Gasteiger partial charge >= 0.3 is 5.97 Å². The van der Waals surface area contributed by atoms with Crippen LogP contribution in [0.2, 0.25) is 0 Å². The number of aliphatic carboxylic acids is 1. The van der Waals surface area contributed by atoms with E-state index in [9.17, 15) is 4.79 Å². The predicted molar refractivity (Wildman–Crippen MR) is 98.6 cm³/mol. The van der Waals surface area contributed by atoms with Crippen molar-refractivity contribution in [3.63, 3.8) is 0 Å². The van der Waals surface area contributed by atoms with Crippen molar-refractivity contribution in [1.29, 1.82) is 0 Å². The lowest BCUT2D eigenvalue weighted by Gasteiger charge is -2.27. The highest BCUT2D eigenvalue weighted by atomic mass is 32.2. The maximum atomic E-state index is 10.5. The molecular formula is C19H34O4S. The average molecular weight is 359 g/mol. The highest BCUT2D eigenvalue weighted by Crippen LogP contribution is 2.45. The fraction of sp³-hybridized carbons (Fsp3) is 0.947. The first-order valence-electron chi connectivity index (χ1n) is 9.75. The van der Waals surface area contributed by atoms with Crippen LogP contribution in [-0.4, -0.2) is 48.0 Å². The zero-order valence-electron chi connectivity index (χ0n) is 15.1. The number of rotatable bonds is 14. The number of fused-ring (bicyclic) bond motifs is 2. The van der Waals surface area contributed by atoms with Gasteiger partial charge in [0.25, 0.3) is 0 Å². The molecule has 2 rings (SSSR count). The summed E-state index contributed by atoms with van der Waals surface area (Å²) in [6.07, 6.45) is 10.6. The zero-order chi connectivity index (χ0) is 17.2. The van der Waals surface area contributed by atoms with Crippen molar-refractivity contribution in [3.8, 4) is 0 Å². The highest BCUT2D eigenvalue weighted by Gasteiger charge is 2.48. The molecule has 2 heterocycles. The lowest BCUT2D eigenvalue weighted by Crippen LogP contribution is -2.31. The summed E-state index contributed by atoms with van der Waals surface area (Å²) in [4.78, 5) is 10.5. The monoisotopic (exact) mass is 358 g/mol. The molecule has 0 unspecified atom stereocenters. The molecule has 0 saturated carbocycles. The van der Waals surface area contributed by atoms with Crippen LogP contribution in [0.1, 0.15) is 64.7 Å². The van der Waals surface area contributed by atoms with Crippen LogP contribution in [0.15, 0.2) is 0 Å². The summed E-state index contributed by atoms with van der Waals surface area (Å²) >= 11 is 1.89. The quantitative estimate of drug-likeness (QED) is 0.467. The van der Waals surface area contributed by atoms with Gasteiger partial charge in [-0.25, -0.2) is 0 Å². The molecule has 1 N–H and O–H groups in total. The van der Waals surface area contributed by atoms with Crippen molar-refractivity contribution in [1.82, 2.24) is 0 Å². The minimum Gasteiger partial charge on any atom is -0.481 e. The van der Waals surface area contributed by atoms with E-state index in [-0.39, 0.29) is 0 Å². The molecule has 2 saturated heterocycles. The van der Waals surface area contributed by atoms with E-state index < -0.39 is 5.97 Å². The van der Waals surface area contributed by atoms with E-state index in [1.54, 1.807) is 0 Å². The molecule has 24 heavy (non-hydrogen) atoms. The second-order valence-electron chi connectivity index (χ2n) is 7.15. The minimum absolute atomic E-state index is 0.290. The van der Waals surface area contributed by atoms with E-state index in [0.717, 1.165) is 31.1 Å². The summed E-state index contributed by atoms with van der Waals surface area (Å²) in [5.41, 5.74) is 0. The molecule has 2 bridgehead atoms. The molecule has 0 aromatic heterocycles. The smallest absolute Gasteiger partial charge is 0.303 e. The van der Waals surface area contributed by atoms with E-state index >= 15 is 0 Å². The summed E-state index contributed by atoms with van der Waals surface area (Å²) in [5, 5.41) is 8.66. The van der Waals surface area contributed by atoms with Crippen LogP contribution in [-0.2, 0) is 14.3 Å². The lowest BCUT2D eigenvalue weighted by atomic mass is 9.78. The Hall–Kier alpha value is -0.260. The van der Waals surface area contributed by atoms with Gasteiger partial charge in [0.15, 0.2) is 0 Å². The summed E-state index contributed by atoms with van der Waals surface area (Å²) in [7, 11) is 0. The van der Waals surface area contributed by atoms with E-state index in [0.29, 0.717) is 30.5 Å². The summed E-state index contributed by atoms with van der Waals surface area (Å²) in [6.45, 7) is 3.99. The number of thioether (sulfide) groups is 1. The molecule has 5 heteroatoms. The Balaban J connectivity index is 1.59. The number of carboxylic acids is 1. The third-order valence-corrected chi connectivity index (χ3v) is 6.42. The Kier molecular flexibility index (Phi) is 9.51. The fourth-order valence-electron chi connectivity index (χ4n) is 4.00. The summed E-state index contributed by atoms with van der Waals surface area (Å²) in [6, 6.07) is 0. The number of carbonyl (C=O) groups is 1. The molecule has 2 aliphatic rings. The van der Waals surface area contributed by atoms with Gasteiger partial charge in [-0.05, 0) is 49.5 Å². The molecular weight excluding hydrogens is 324 g/mol. The van der Waals surface area contributed by atoms with Gasteiger partial charge < -0.3 is 14.6 Å². The topological polar surface area (TPSA) is 55.8 Å². The Bertz CT molecular complexity index is 363. The van der Waals surface area contributed by atoms with Crippen LogP contribution in [0.25, 0.3) is 0 Å². The van der Waals surface area contributed by atoms with Crippen LogP contribution in [0.4, 0.5) is 0 Å². The maximum Gasteiger partial charge on any atom is 0.303 e. The van der Waals surface area contributed by atoms with Crippen molar-refractivity contribution in [3.05, 3.63) is 0 Å². The highest BCUT2D eigenvalue weighted by molar-refractivity contribution is 7.99. The van der Waals surface area contributed by atoms with Gasteiger partial charge in [-0.2, -0.15) is 11.8 Å². The van der Waals surface area contributed by atoms with Crippen LogP contribution in [0, 0.1) is 11.8 Å². The number of carboxylic acid groups (broad SMARTS) is 1. The van der Waals surface area contributed by atoms with Gasteiger partial charge in [0, 0.05) is 18.9 Å². The van der Waals surface area contributed by atoms with E-state index in [1.807, 2.05) is 11.8 Å². The molecule has 2 aliphatic heterocycles. The molecule has 2 fully saturated rings. The van der Waals surface area contributed by atoms with Crippen molar-refractivity contribution < 1.29 is 19.4 Å². The first kappa shape index (κ1) is 20.1. The maximum absolute atomic E-state index is 10.5. The molecule has 0 aromatic rings. The van der Waals surface area contributed by atoms with Crippen molar-refractivity contribution in [2.75, 3.05) is 24.7 Å². The first-order chi connectivity index (χ1) is 11.7. The van der Waals surface area contributed by atoms with Crippen LogP contribution in [0.5, 0.6) is 0 Å². The third-order valence-electron chi connectivity index (χ3n) is 5.32. The Morgan fingerprint density at radius 3 is 2.67 bits per heavy atom. The van der Waals surface area contributed by atoms with Gasteiger partial charge in [-0.15, -0.1) is 0 Å². The lowest BCUT2D eigenvalue weighted by molar-refractivity contribution is -0.137. The summed E-state index contributed by atoms with van der Waals surface area (Å²) < 4.78 is 12.1. The van der Waals surface area contributed by atoms with Crippen molar-refractivity contribution >= 4 is 17.7 Å². The number of hydrogen-bond acceptors (Lipinski definition) is 4. The molecule has 0 spiro atoms. The first-order valence-corrected chi connectivity index (χ1v) is 10.9. The van der Waals surface area contributed by atoms with Crippen LogP contribution in [0.3, 0.4) is 0 Å². The van der Waals surface area contributed by atoms with Gasteiger partial charge in [0.1, 0.15) is 0 Å². The van der Waals surface area contributed by atoms with Gasteiger partial charge in [-0.3, -0.25) is 4.79 Å². The second kappa shape index (κ2) is 11.4. The SMILES string of the molecule is CCCCCCOC[C@@H]1[C@H](CCSCCCC(=O)O)[C@@H]2CC[C@H]1O2. The molecule has 0 aliphatic carbocycles. The number of hydrogen-bond donors (Lipinski definition) is 1.